The van der Waals surface area contributed by atoms with Gasteiger partial charge in [0, 0.05) is 11.5 Å². The number of rotatable bonds is 2. The Labute approximate surface area is 89.9 Å². The van der Waals surface area contributed by atoms with Gasteiger partial charge in [-0.3, -0.25) is 0 Å². The van der Waals surface area contributed by atoms with E-state index in [1.54, 1.807) is 7.11 Å². The molecule has 0 fully saturated rings. The van der Waals surface area contributed by atoms with E-state index in [9.17, 15) is 0 Å². The predicted molar refractivity (Wildman–Crippen MR) is 62.4 cm³/mol. The molecule has 0 atom stereocenters. The molecule has 0 aliphatic carbocycles. The van der Waals surface area contributed by atoms with Crippen molar-refractivity contribution in [2.75, 3.05) is 7.11 Å². The van der Waals surface area contributed by atoms with Gasteiger partial charge in [0.15, 0.2) is 0 Å². The fourth-order valence-electron chi connectivity index (χ4n) is 1.78. The van der Waals surface area contributed by atoms with Crippen molar-refractivity contribution in [1.82, 2.24) is 4.98 Å². The number of methoxy groups -OCH3 is 1. The first kappa shape index (κ1) is 9.97. The highest BCUT2D eigenvalue weighted by atomic mass is 16.5. The summed E-state index contributed by atoms with van der Waals surface area (Å²) in [7, 11) is 1.64. The van der Waals surface area contributed by atoms with Crippen LogP contribution in [0.1, 0.15) is 25.3 Å². The van der Waals surface area contributed by atoms with E-state index in [4.69, 9.17) is 4.74 Å². The first-order chi connectivity index (χ1) is 7.22. The maximum absolute atomic E-state index is 5.11. The third-order valence-electron chi connectivity index (χ3n) is 2.57. The Bertz CT molecular complexity index is 477. The number of fused-ring (bicyclic) bond motifs is 1. The summed E-state index contributed by atoms with van der Waals surface area (Å²) >= 11 is 0. The Kier molecular flexibility index (Phi) is 2.58. The van der Waals surface area contributed by atoms with Crippen molar-refractivity contribution in [3.63, 3.8) is 0 Å². The maximum Gasteiger partial charge on any atom is 0.213 e. The number of pyridine rings is 1. The lowest BCUT2D eigenvalue weighted by atomic mass is 9.98. The van der Waals surface area contributed by atoms with E-state index in [2.05, 4.69) is 31.0 Å². The molecule has 0 saturated carbocycles. The van der Waals surface area contributed by atoms with E-state index in [1.165, 1.54) is 10.9 Å². The summed E-state index contributed by atoms with van der Waals surface area (Å²) in [5, 5.41) is 1.22. The fraction of sp³-hybridized carbons (Fsp3) is 0.308. The van der Waals surface area contributed by atoms with Crippen molar-refractivity contribution in [2.45, 2.75) is 19.8 Å². The number of ether oxygens (including phenoxy) is 1. The third kappa shape index (κ3) is 1.80. The number of hydrogen-bond donors (Lipinski definition) is 0. The van der Waals surface area contributed by atoms with Crippen LogP contribution >= 0.6 is 0 Å². The van der Waals surface area contributed by atoms with Gasteiger partial charge in [0.05, 0.1) is 12.6 Å². The minimum Gasteiger partial charge on any atom is -0.481 e. The van der Waals surface area contributed by atoms with Crippen molar-refractivity contribution in [3.05, 3.63) is 35.9 Å². The molecule has 1 heterocycles. The van der Waals surface area contributed by atoms with Crippen LogP contribution in [-0.4, -0.2) is 12.1 Å². The van der Waals surface area contributed by atoms with Crippen LogP contribution in [0.2, 0.25) is 0 Å². The minimum atomic E-state index is 0.517. The summed E-state index contributed by atoms with van der Waals surface area (Å²) in [4.78, 5) is 4.41. The van der Waals surface area contributed by atoms with Gasteiger partial charge in [-0.2, -0.15) is 0 Å². The van der Waals surface area contributed by atoms with Gasteiger partial charge in [-0.15, -0.1) is 0 Å². The van der Waals surface area contributed by atoms with Crippen molar-refractivity contribution in [3.8, 4) is 5.88 Å². The zero-order valence-electron chi connectivity index (χ0n) is 9.32. The molecule has 1 aromatic heterocycles. The lowest BCUT2D eigenvalue weighted by molar-refractivity contribution is 0.399. The van der Waals surface area contributed by atoms with Crippen LogP contribution in [0.3, 0.4) is 0 Å². The summed E-state index contributed by atoms with van der Waals surface area (Å²) in [6, 6.07) is 10.2. The summed E-state index contributed by atoms with van der Waals surface area (Å²) in [5.74, 6) is 1.19. The summed E-state index contributed by atoms with van der Waals surface area (Å²) in [6.45, 7) is 4.39. The van der Waals surface area contributed by atoms with Crippen LogP contribution in [0.15, 0.2) is 30.3 Å². The first-order valence-corrected chi connectivity index (χ1v) is 5.16. The van der Waals surface area contributed by atoms with Crippen LogP contribution in [0, 0.1) is 0 Å². The Morgan fingerprint density at radius 1 is 1.13 bits per heavy atom. The predicted octanol–water partition coefficient (Wildman–Crippen LogP) is 3.37. The molecular formula is C13H15NO. The van der Waals surface area contributed by atoms with E-state index >= 15 is 0 Å². The van der Waals surface area contributed by atoms with Gasteiger partial charge in [0.25, 0.3) is 0 Å². The van der Waals surface area contributed by atoms with Crippen molar-refractivity contribution < 1.29 is 4.74 Å². The molecule has 0 bridgehead atoms. The molecular weight excluding hydrogens is 186 g/mol. The van der Waals surface area contributed by atoms with E-state index in [-0.39, 0.29) is 0 Å². The molecule has 2 rings (SSSR count). The molecule has 0 radical (unpaired) electrons. The molecule has 15 heavy (non-hydrogen) atoms. The SMILES string of the molecule is COc1ccc2c(C(C)C)cccc2n1. The van der Waals surface area contributed by atoms with Gasteiger partial charge < -0.3 is 4.74 Å². The molecule has 0 saturated heterocycles. The maximum atomic E-state index is 5.11. The Morgan fingerprint density at radius 2 is 1.93 bits per heavy atom. The number of nitrogens with zero attached hydrogens (tertiary/aromatic N) is 1. The fourth-order valence-corrected chi connectivity index (χ4v) is 1.78. The van der Waals surface area contributed by atoms with Gasteiger partial charge in [0.1, 0.15) is 0 Å². The van der Waals surface area contributed by atoms with Gasteiger partial charge in [-0.05, 0) is 23.6 Å². The molecule has 78 valence electrons. The van der Waals surface area contributed by atoms with Gasteiger partial charge in [-0.25, -0.2) is 4.98 Å². The lowest BCUT2D eigenvalue weighted by Crippen LogP contribution is -1.92. The van der Waals surface area contributed by atoms with Crippen LogP contribution in [0.4, 0.5) is 0 Å². The van der Waals surface area contributed by atoms with E-state index < -0.39 is 0 Å². The number of aromatic nitrogens is 1. The average molecular weight is 201 g/mol. The summed E-state index contributed by atoms with van der Waals surface area (Å²) < 4.78 is 5.11. The molecule has 2 aromatic rings. The van der Waals surface area contributed by atoms with Crippen LogP contribution in [0.5, 0.6) is 5.88 Å². The molecule has 0 aliphatic rings. The van der Waals surface area contributed by atoms with Crippen molar-refractivity contribution >= 4 is 10.9 Å². The van der Waals surface area contributed by atoms with Crippen LogP contribution in [-0.2, 0) is 0 Å². The number of benzene rings is 1. The molecule has 2 nitrogen and oxygen atoms in total. The Hall–Kier alpha value is -1.57. The zero-order chi connectivity index (χ0) is 10.8. The largest absolute Gasteiger partial charge is 0.481 e. The van der Waals surface area contributed by atoms with E-state index in [0.717, 1.165) is 5.52 Å². The second-order valence-electron chi connectivity index (χ2n) is 3.92. The van der Waals surface area contributed by atoms with Crippen molar-refractivity contribution in [2.24, 2.45) is 0 Å². The standard InChI is InChI=1S/C13H15NO/c1-9(2)10-5-4-6-12-11(10)7-8-13(14-12)15-3/h4-9H,1-3H3. The van der Waals surface area contributed by atoms with Crippen LogP contribution < -0.4 is 4.74 Å². The second kappa shape index (κ2) is 3.89. The molecule has 0 aliphatic heterocycles. The lowest BCUT2D eigenvalue weighted by Gasteiger charge is -2.09. The quantitative estimate of drug-likeness (QED) is 0.743. The Morgan fingerprint density at radius 3 is 2.60 bits per heavy atom. The Balaban J connectivity index is 2.67. The number of hydrogen-bond acceptors (Lipinski definition) is 2. The molecule has 0 amide bonds. The minimum absolute atomic E-state index is 0.517. The molecule has 0 spiro atoms. The third-order valence-corrected chi connectivity index (χ3v) is 2.57. The van der Waals surface area contributed by atoms with E-state index in [0.29, 0.717) is 11.8 Å². The smallest absolute Gasteiger partial charge is 0.213 e. The molecule has 0 unspecified atom stereocenters. The van der Waals surface area contributed by atoms with Crippen molar-refractivity contribution in [1.29, 1.82) is 0 Å². The summed E-state index contributed by atoms with van der Waals surface area (Å²) in [5.41, 5.74) is 2.34. The first-order valence-electron chi connectivity index (χ1n) is 5.16. The average Bonchev–Trinajstić information content (AvgIpc) is 2.27. The highest BCUT2D eigenvalue weighted by Crippen LogP contribution is 2.25. The van der Waals surface area contributed by atoms with Crippen LogP contribution in [0.25, 0.3) is 10.9 Å². The molecule has 1 aromatic carbocycles. The highest BCUT2D eigenvalue weighted by Gasteiger charge is 2.05. The normalized spacial score (nSPS) is 10.9. The van der Waals surface area contributed by atoms with Gasteiger partial charge >= 0.3 is 0 Å². The van der Waals surface area contributed by atoms with Gasteiger partial charge in [0.2, 0.25) is 5.88 Å². The molecule has 0 N–H and O–H groups in total. The van der Waals surface area contributed by atoms with Gasteiger partial charge in [-0.1, -0.05) is 26.0 Å². The topological polar surface area (TPSA) is 22.1 Å². The highest BCUT2D eigenvalue weighted by molar-refractivity contribution is 5.83. The van der Waals surface area contributed by atoms with E-state index in [1.807, 2.05) is 18.2 Å². The summed E-state index contributed by atoms with van der Waals surface area (Å²) in [6.07, 6.45) is 0. The monoisotopic (exact) mass is 201 g/mol. The zero-order valence-corrected chi connectivity index (χ0v) is 9.32. The molecule has 2 heteroatoms. The second-order valence-corrected chi connectivity index (χ2v) is 3.92.